The monoisotopic (exact) mass is 207 g/mol. The molecule has 15 heavy (non-hydrogen) atoms. The number of nitrogens with one attached hydrogen (secondary N) is 1. The van der Waals surface area contributed by atoms with Crippen LogP contribution in [-0.2, 0) is 7.05 Å². The summed E-state index contributed by atoms with van der Waals surface area (Å²) in [6.45, 7) is 1.86. The number of pyridine rings is 1. The Balaban J connectivity index is 2.28. The summed E-state index contributed by atoms with van der Waals surface area (Å²) in [6.07, 6.45) is 2.94. The van der Waals surface area contributed by atoms with E-state index in [9.17, 15) is 4.79 Å². The minimum absolute atomic E-state index is 0.0289. The van der Waals surface area contributed by atoms with Crippen molar-refractivity contribution in [3.63, 3.8) is 0 Å². The average Bonchev–Trinajstić information content (AvgIpc) is 2.23. The number of hydrogen-bond donors (Lipinski definition) is 2. The lowest BCUT2D eigenvalue weighted by atomic mass is 9.87. The highest BCUT2D eigenvalue weighted by molar-refractivity contribution is 5.18. The van der Waals surface area contributed by atoms with Crippen molar-refractivity contribution in [2.45, 2.75) is 18.4 Å². The molecular weight excluding hydrogens is 190 g/mol. The molecule has 0 aromatic carbocycles. The summed E-state index contributed by atoms with van der Waals surface area (Å²) in [4.78, 5) is 11.3. The molecule has 1 fully saturated rings. The Morgan fingerprint density at radius 3 is 3.00 bits per heavy atom. The molecule has 1 saturated heterocycles. The lowest BCUT2D eigenvalue weighted by molar-refractivity contribution is 0.401. The van der Waals surface area contributed by atoms with Gasteiger partial charge in [0.05, 0.1) is 0 Å². The Labute approximate surface area is 89.1 Å². The first kappa shape index (κ1) is 10.4. The molecule has 0 radical (unpaired) electrons. The molecule has 4 nitrogen and oxygen atoms in total. The molecule has 0 bridgehead atoms. The zero-order chi connectivity index (χ0) is 10.8. The maximum atomic E-state index is 11.3. The van der Waals surface area contributed by atoms with Gasteiger partial charge in [0, 0.05) is 37.8 Å². The van der Waals surface area contributed by atoms with E-state index in [2.05, 4.69) is 5.32 Å². The minimum Gasteiger partial charge on any atom is -0.326 e. The van der Waals surface area contributed by atoms with Crippen LogP contribution in [0, 0.1) is 0 Å². The molecule has 0 amide bonds. The van der Waals surface area contributed by atoms with Crippen LogP contribution in [-0.4, -0.2) is 23.7 Å². The van der Waals surface area contributed by atoms with Crippen LogP contribution in [0.5, 0.6) is 0 Å². The number of aryl methyl sites for hydroxylation is 1. The first-order valence-corrected chi connectivity index (χ1v) is 5.31. The Hall–Kier alpha value is -1.13. The maximum Gasteiger partial charge on any atom is 0.250 e. The standard InChI is InChI=1S/C11H17N3O/c1-14-7-8(2-3-11(14)15)9-4-5-13-6-10(9)12/h2-3,7,9-10,13H,4-6,12H2,1H3. The fourth-order valence-corrected chi connectivity index (χ4v) is 2.13. The lowest BCUT2D eigenvalue weighted by Gasteiger charge is -2.29. The summed E-state index contributed by atoms with van der Waals surface area (Å²) >= 11 is 0. The fourth-order valence-electron chi connectivity index (χ4n) is 2.13. The van der Waals surface area contributed by atoms with Crippen molar-refractivity contribution in [3.05, 3.63) is 34.2 Å². The molecule has 1 aliphatic heterocycles. The third-order valence-electron chi connectivity index (χ3n) is 3.07. The first-order valence-electron chi connectivity index (χ1n) is 5.31. The van der Waals surface area contributed by atoms with Crippen LogP contribution in [0.4, 0.5) is 0 Å². The van der Waals surface area contributed by atoms with Gasteiger partial charge in [-0.2, -0.15) is 0 Å². The SMILES string of the molecule is Cn1cc(C2CCNCC2N)ccc1=O. The van der Waals surface area contributed by atoms with Gasteiger partial charge in [-0.25, -0.2) is 0 Å². The van der Waals surface area contributed by atoms with E-state index < -0.39 is 0 Å². The van der Waals surface area contributed by atoms with Gasteiger partial charge in [-0.3, -0.25) is 4.79 Å². The van der Waals surface area contributed by atoms with E-state index in [1.807, 2.05) is 12.3 Å². The molecule has 2 heterocycles. The molecule has 1 aromatic rings. The largest absolute Gasteiger partial charge is 0.326 e. The minimum atomic E-state index is 0.0289. The van der Waals surface area contributed by atoms with Gasteiger partial charge in [-0.1, -0.05) is 6.07 Å². The third-order valence-corrected chi connectivity index (χ3v) is 3.07. The predicted octanol–water partition coefficient (Wildman–Crippen LogP) is -0.210. The highest BCUT2D eigenvalue weighted by atomic mass is 16.1. The maximum absolute atomic E-state index is 11.3. The summed E-state index contributed by atoms with van der Waals surface area (Å²) in [5.41, 5.74) is 7.25. The molecule has 0 aliphatic carbocycles. The van der Waals surface area contributed by atoms with E-state index >= 15 is 0 Å². The number of nitrogens with zero attached hydrogens (tertiary/aromatic N) is 1. The van der Waals surface area contributed by atoms with Crippen LogP contribution in [0.1, 0.15) is 17.9 Å². The second-order valence-corrected chi connectivity index (χ2v) is 4.17. The number of piperidine rings is 1. The van der Waals surface area contributed by atoms with Gasteiger partial charge in [0.25, 0.3) is 0 Å². The normalized spacial score (nSPS) is 26.5. The van der Waals surface area contributed by atoms with E-state index in [-0.39, 0.29) is 11.6 Å². The zero-order valence-corrected chi connectivity index (χ0v) is 8.94. The highest BCUT2D eigenvalue weighted by Gasteiger charge is 2.23. The number of nitrogens with two attached hydrogens (primary N) is 1. The highest BCUT2D eigenvalue weighted by Crippen LogP contribution is 2.23. The van der Waals surface area contributed by atoms with Crippen LogP contribution in [0.2, 0.25) is 0 Å². The summed E-state index contributed by atoms with van der Waals surface area (Å²) < 4.78 is 1.62. The van der Waals surface area contributed by atoms with Gasteiger partial charge in [-0.05, 0) is 18.5 Å². The molecule has 82 valence electrons. The molecule has 1 aliphatic rings. The molecule has 3 N–H and O–H groups in total. The van der Waals surface area contributed by atoms with E-state index in [0.717, 1.165) is 19.5 Å². The van der Waals surface area contributed by atoms with Crippen LogP contribution in [0.15, 0.2) is 23.1 Å². The Kier molecular flexibility index (Phi) is 2.88. The van der Waals surface area contributed by atoms with E-state index in [0.29, 0.717) is 5.92 Å². The van der Waals surface area contributed by atoms with Crippen molar-refractivity contribution in [1.29, 1.82) is 0 Å². The van der Waals surface area contributed by atoms with Gasteiger partial charge in [0.1, 0.15) is 0 Å². The molecule has 1 aromatic heterocycles. The summed E-state index contributed by atoms with van der Waals surface area (Å²) in [7, 11) is 1.78. The third kappa shape index (κ3) is 2.11. The van der Waals surface area contributed by atoms with Gasteiger partial charge >= 0.3 is 0 Å². The molecule has 0 spiro atoms. The first-order chi connectivity index (χ1) is 7.18. The van der Waals surface area contributed by atoms with Crippen LogP contribution >= 0.6 is 0 Å². The van der Waals surface area contributed by atoms with Crippen molar-refractivity contribution < 1.29 is 0 Å². The van der Waals surface area contributed by atoms with Gasteiger partial charge in [0.15, 0.2) is 0 Å². The average molecular weight is 207 g/mol. The van der Waals surface area contributed by atoms with Crippen molar-refractivity contribution in [2.24, 2.45) is 12.8 Å². The van der Waals surface area contributed by atoms with Gasteiger partial charge in [-0.15, -0.1) is 0 Å². The quantitative estimate of drug-likeness (QED) is 0.670. The Bertz CT molecular complexity index is 399. The van der Waals surface area contributed by atoms with Crippen LogP contribution < -0.4 is 16.6 Å². The van der Waals surface area contributed by atoms with Crippen LogP contribution in [0.3, 0.4) is 0 Å². The van der Waals surface area contributed by atoms with E-state index in [1.165, 1.54) is 5.56 Å². The van der Waals surface area contributed by atoms with Crippen molar-refractivity contribution in [3.8, 4) is 0 Å². The van der Waals surface area contributed by atoms with Gasteiger partial charge in [0.2, 0.25) is 5.56 Å². The van der Waals surface area contributed by atoms with Crippen LogP contribution in [0.25, 0.3) is 0 Å². The lowest BCUT2D eigenvalue weighted by Crippen LogP contribution is -2.45. The van der Waals surface area contributed by atoms with Gasteiger partial charge < -0.3 is 15.6 Å². The summed E-state index contributed by atoms with van der Waals surface area (Å²) in [6, 6.07) is 3.67. The van der Waals surface area contributed by atoms with E-state index in [1.54, 1.807) is 17.7 Å². The molecule has 0 saturated carbocycles. The molecule has 4 heteroatoms. The smallest absolute Gasteiger partial charge is 0.250 e. The molecule has 2 unspecified atom stereocenters. The number of hydrogen-bond acceptors (Lipinski definition) is 3. The second kappa shape index (κ2) is 4.16. The topological polar surface area (TPSA) is 60.1 Å². The Morgan fingerprint density at radius 1 is 1.53 bits per heavy atom. The molecule has 2 rings (SSSR count). The van der Waals surface area contributed by atoms with Crippen molar-refractivity contribution in [1.82, 2.24) is 9.88 Å². The summed E-state index contributed by atoms with van der Waals surface area (Å²) in [5, 5.41) is 3.27. The number of rotatable bonds is 1. The second-order valence-electron chi connectivity index (χ2n) is 4.17. The number of aromatic nitrogens is 1. The van der Waals surface area contributed by atoms with Crippen molar-refractivity contribution >= 4 is 0 Å². The molecular formula is C11H17N3O. The molecule has 2 atom stereocenters. The summed E-state index contributed by atoms with van der Waals surface area (Å²) in [5.74, 6) is 0.373. The van der Waals surface area contributed by atoms with E-state index in [4.69, 9.17) is 5.73 Å². The Morgan fingerprint density at radius 2 is 2.33 bits per heavy atom. The fraction of sp³-hybridized carbons (Fsp3) is 0.545. The zero-order valence-electron chi connectivity index (χ0n) is 8.94. The van der Waals surface area contributed by atoms with Crippen molar-refractivity contribution in [2.75, 3.05) is 13.1 Å². The predicted molar refractivity (Wildman–Crippen MR) is 59.9 cm³/mol.